The van der Waals surface area contributed by atoms with E-state index in [0.717, 1.165) is 25.9 Å². The minimum Gasteiger partial charge on any atom is -0.508 e. The standard InChI is InChI=1S/C15H22N2O2/c1-11(17-15(19)8-13-9-16-10-13)2-3-12-4-6-14(18)7-5-12/h4-7,11,13,16,18H,2-3,8-10H2,1H3,(H,17,19). The van der Waals surface area contributed by atoms with Gasteiger partial charge in [-0.1, -0.05) is 12.1 Å². The Morgan fingerprint density at radius 1 is 1.42 bits per heavy atom. The van der Waals surface area contributed by atoms with Gasteiger partial charge in [0.2, 0.25) is 5.91 Å². The number of phenols is 1. The first-order valence-electron chi connectivity index (χ1n) is 6.91. The van der Waals surface area contributed by atoms with Gasteiger partial charge in [-0.25, -0.2) is 0 Å². The number of hydrogen-bond donors (Lipinski definition) is 3. The molecule has 0 spiro atoms. The number of nitrogens with one attached hydrogen (secondary N) is 2. The zero-order chi connectivity index (χ0) is 13.7. The first kappa shape index (κ1) is 13.9. The quantitative estimate of drug-likeness (QED) is 0.727. The highest BCUT2D eigenvalue weighted by molar-refractivity contribution is 5.76. The predicted octanol–water partition coefficient (Wildman–Crippen LogP) is 1.44. The summed E-state index contributed by atoms with van der Waals surface area (Å²) in [7, 11) is 0. The van der Waals surface area contributed by atoms with Crippen LogP contribution in [0.1, 0.15) is 25.3 Å². The lowest BCUT2D eigenvalue weighted by molar-refractivity contribution is -0.123. The van der Waals surface area contributed by atoms with E-state index < -0.39 is 0 Å². The van der Waals surface area contributed by atoms with Gasteiger partial charge in [-0.2, -0.15) is 0 Å². The lowest BCUT2D eigenvalue weighted by Gasteiger charge is -2.27. The fraction of sp³-hybridized carbons (Fsp3) is 0.533. The van der Waals surface area contributed by atoms with Crippen molar-refractivity contribution in [3.63, 3.8) is 0 Å². The number of rotatable bonds is 6. The highest BCUT2D eigenvalue weighted by Gasteiger charge is 2.20. The molecule has 1 saturated heterocycles. The lowest BCUT2D eigenvalue weighted by Crippen LogP contribution is -2.45. The van der Waals surface area contributed by atoms with Crippen LogP contribution in [0.2, 0.25) is 0 Å². The van der Waals surface area contributed by atoms with Gasteiger partial charge in [-0.3, -0.25) is 4.79 Å². The highest BCUT2D eigenvalue weighted by atomic mass is 16.3. The number of carbonyl (C=O) groups excluding carboxylic acids is 1. The number of benzene rings is 1. The Bertz CT molecular complexity index is 413. The fourth-order valence-corrected chi connectivity index (χ4v) is 2.21. The Kier molecular flexibility index (Phi) is 4.80. The SMILES string of the molecule is CC(CCc1ccc(O)cc1)NC(=O)CC1CNC1. The van der Waals surface area contributed by atoms with E-state index in [0.29, 0.717) is 18.1 Å². The number of amides is 1. The Labute approximate surface area is 114 Å². The molecule has 1 aromatic rings. The van der Waals surface area contributed by atoms with Crippen LogP contribution in [-0.4, -0.2) is 30.1 Å². The molecule has 1 heterocycles. The van der Waals surface area contributed by atoms with Gasteiger partial charge in [-0.15, -0.1) is 0 Å². The Balaban J connectivity index is 1.67. The van der Waals surface area contributed by atoms with Crippen LogP contribution in [0, 0.1) is 5.92 Å². The van der Waals surface area contributed by atoms with Crippen LogP contribution in [0.15, 0.2) is 24.3 Å². The predicted molar refractivity (Wildman–Crippen MR) is 75.0 cm³/mol. The second-order valence-corrected chi connectivity index (χ2v) is 5.40. The molecule has 19 heavy (non-hydrogen) atoms. The summed E-state index contributed by atoms with van der Waals surface area (Å²) in [6.45, 7) is 3.97. The molecule has 0 saturated carbocycles. The molecular formula is C15H22N2O2. The van der Waals surface area contributed by atoms with Crippen molar-refractivity contribution < 1.29 is 9.90 Å². The van der Waals surface area contributed by atoms with Crippen LogP contribution < -0.4 is 10.6 Å². The minimum absolute atomic E-state index is 0.157. The molecule has 0 bridgehead atoms. The molecule has 0 aromatic heterocycles. The first-order valence-corrected chi connectivity index (χ1v) is 6.91. The number of aromatic hydroxyl groups is 1. The molecule has 1 aromatic carbocycles. The Morgan fingerprint density at radius 2 is 2.11 bits per heavy atom. The molecular weight excluding hydrogens is 240 g/mol. The molecule has 104 valence electrons. The molecule has 1 unspecified atom stereocenters. The van der Waals surface area contributed by atoms with Crippen LogP contribution in [0.25, 0.3) is 0 Å². The third-order valence-electron chi connectivity index (χ3n) is 3.55. The summed E-state index contributed by atoms with van der Waals surface area (Å²) < 4.78 is 0. The van der Waals surface area contributed by atoms with Crippen molar-refractivity contribution in [1.82, 2.24) is 10.6 Å². The van der Waals surface area contributed by atoms with Crippen molar-refractivity contribution in [2.24, 2.45) is 5.92 Å². The maximum Gasteiger partial charge on any atom is 0.220 e. The van der Waals surface area contributed by atoms with Gasteiger partial charge in [0.15, 0.2) is 0 Å². The zero-order valence-corrected chi connectivity index (χ0v) is 11.4. The topological polar surface area (TPSA) is 61.4 Å². The van der Waals surface area contributed by atoms with Crippen molar-refractivity contribution in [2.75, 3.05) is 13.1 Å². The molecule has 1 fully saturated rings. The lowest BCUT2D eigenvalue weighted by atomic mass is 9.98. The van der Waals surface area contributed by atoms with E-state index in [1.807, 2.05) is 19.1 Å². The summed E-state index contributed by atoms with van der Waals surface area (Å²) in [5.74, 6) is 0.966. The van der Waals surface area contributed by atoms with Crippen molar-refractivity contribution in [1.29, 1.82) is 0 Å². The molecule has 3 N–H and O–H groups in total. The van der Waals surface area contributed by atoms with E-state index in [-0.39, 0.29) is 11.9 Å². The van der Waals surface area contributed by atoms with Crippen LogP contribution in [0.4, 0.5) is 0 Å². The monoisotopic (exact) mass is 262 g/mol. The van der Waals surface area contributed by atoms with E-state index in [1.54, 1.807) is 12.1 Å². The van der Waals surface area contributed by atoms with Crippen molar-refractivity contribution in [3.8, 4) is 5.75 Å². The van der Waals surface area contributed by atoms with Crippen LogP contribution in [-0.2, 0) is 11.2 Å². The average molecular weight is 262 g/mol. The van der Waals surface area contributed by atoms with Crippen LogP contribution >= 0.6 is 0 Å². The second kappa shape index (κ2) is 6.57. The van der Waals surface area contributed by atoms with E-state index in [9.17, 15) is 9.90 Å². The summed E-state index contributed by atoms with van der Waals surface area (Å²) >= 11 is 0. The normalized spacial score (nSPS) is 16.7. The summed E-state index contributed by atoms with van der Waals surface area (Å²) in [5.41, 5.74) is 1.18. The molecule has 0 radical (unpaired) electrons. The van der Waals surface area contributed by atoms with Gasteiger partial charge in [-0.05, 0) is 56.5 Å². The largest absolute Gasteiger partial charge is 0.508 e. The maximum absolute atomic E-state index is 11.7. The third-order valence-corrected chi connectivity index (χ3v) is 3.55. The van der Waals surface area contributed by atoms with Gasteiger partial charge >= 0.3 is 0 Å². The van der Waals surface area contributed by atoms with Gasteiger partial charge in [0.1, 0.15) is 5.75 Å². The maximum atomic E-state index is 11.7. The number of aryl methyl sites for hydroxylation is 1. The highest BCUT2D eigenvalue weighted by Crippen LogP contribution is 2.12. The second-order valence-electron chi connectivity index (χ2n) is 5.40. The molecule has 0 aliphatic carbocycles. The first-order chi connectivity index (χ1) is 9.13. The van der Waals surface area contributed by atoms with Crippen molar-refractivity contribution in [2.45, 2.75) is 32.2 Å². The molecule has 1 aliphatic heterocycles. The van der Waals surface area contributed by atoms with Crippen LogP contribution in [0.3, 0.4) is 0 Å². The Hall–Kier alpha value is -1.55. The van der Waals surface area contributed by atoms with E-state index in [4.69, 9.17) is 0 Å². The summed E-state index contributed by atoms with van der Waals surface area (Å²) in [6.07, 6.45) is 2.46. The van der Waals surface area contributed by atoms with E-state index in [1.165, 1.54) is 5.56 Å². The molecule has 1 amide bonds. The molecule has 1 aliphatic rings. The van der Waals surface area contributed by atoms with E-state index in [2.05, 4.69) is 10.6 Å². The zero-order valence-electron chi connectivity index (χ0n) is 11.4. The summed E-state index contributed by atoms with van der Waals surface area (Å²) in [5, 5.41) is 15.4. The average Bonchev–Trinajstić information content (AvgIpc) is 2.33. The smallest absolute Gasteiger partial charge is 0.220 e. The van der Waals surface area contributed by atoms with Gasteiger partial charge in [0.05, 0.1) is 0 Å². The van der Waals surface area contributed by atoms with Crippen LogP contribution in [0.5, 0.6) is 5.75 Å². The third kappa shape index (κ3) is 4.56. The molecule has 4 nitrogen and oxygen atoms in total. The molecule has 1 atom stereocenters. The summed E-state index contributed by atoms with van der Waals surface area (Å²) in [6, 6.07) is 7.42. The van der Waals surface area contributed by atoms with E-state index >= 15 is 0 Å². The Morgan fingerprint density at radius 3 is 2.68 bits per heavy atom. The van der Waals surface area contributed by atoms with Crippen molar-refractivity contribution >= 4 is 5.91 Å². The number of carbonyl (C=O) groups is 1. The number of hydrogen-bond acceptors (Lipinski definition) is 3. The van der Waals surface area contributed by atoms with Gasteiger partial charge in [0, 0.05) is 12.5 Å². The number of phenolic OH excluding ortho intramolecular Hbond substituents is 1. The summed E-state index contributed by atoms with van der Waals surface area (Å²) in [4.78, 5) is 11.7. The van der Waals surface area contributed by atoms with Crippen molar-refractivity contribution in [3.05, 3.63) is 29.8 Å². The van der Waals surface area contributed by atoms with Gasteiger partial charge in [0.25, 0.3) is 0 Å². The molecule has 2 rings (SSSR count). The van der Waals surface area contributed by atoms with Gasteiger partial charge < -0.3 is 15.7 Å². The molecule has 4 heteroatoms. The fourth-order valence-electron chi connectivity index (χ4n) is 2.21. The minimum atomic E-state index is 0.157.